The fraction of sp³-hybridized carbons (Fsp3) is 0.400. The van der Waals surface area contributed by atoms with E-state index in [1.165, 1.54) is 36.9 Å². The van der Waals surface area contributed by atoms with Gasteiger partial charge in [-0.2, -0.15) is 4.80 Å². The van der Waals surface area contributed by atoms with Crippen LogP contribution in [0.2, 0.25) is 0 Å². The molecule has 5 nitrogen and oxygen atoms in total. The van der Waals surface area contributed by atoms with E-state index in [2.05, 4.69) is 17.1 Å². The highest BCUT2D eigenvalue weighted by Gasteiger charge is 2.08. The lowest BCUT2D eigenvalue weighted by atomic mass is 10.1. The van der Waals surface area contributed by atoms with Crippen molar-refractivity contribution in [3.8, 4) is 17.2 Å². The minimum Gasteiger partial charge on any atom is -0.504 e. The lowest BCUT2D eigenvalue weighted by Gasteiger charge is -2.09. The molecule has 0 saturated heterocycles. The Balaban J connectivity index is 1.57. The van der Waals surface area contributed by atoms with Gasteiger partial charge in [0.1, 0.15) is 11.0 Å². The minimum absolute atomic E-state index is 0.116. The third-order valence-corrected chi connectivity index (χ3v) is 4.22. The maximum atomic E-state index is 10.2. The molecule has 1 heterocycles. The molecule has 0 aliphatic heterocycles. The molecular weight excluding hydrogens is 314 g/mol. The van der Waals surface area contributed by atoms with E-state index < -0.39 is 0 Å². The number of benzene rings is 2. The van der Waals surface area contributed by atoms with Gasteiger partial charge < -0.3 is 9.84 Å². The van der Waals surface area contributed by atoms with Crippen molar-refractivity contribution in [3.05, 3.63) is 42.5 Å². The van der Waals surface area contributed by atoms with Gasteiger partial charge in [0.25, 0.3) is 0 Å². The van der Waals surface area contributed by atoms with Crippen LogP contribution in [-0.2, 0) is 0 Å². The third kappa shape index (κ3) is 4.50. The molecule has 0 aliphatic rings. The van der Waals surface area contributed by atoms with Gasteiger partial charge in [0.2, 0.25) is 0 Å². The van der Waals surface area contributed by atoms with Gasteiger partial charge in [-0.1, -0.05) is 51.2 Å². The zero-order valence-corrected chi connectivity index (χ0v) is 14.7. The van der Waals surface area contributed by atoms with Crippen LogP contribution in [0.5, 0.6) is 11.5 Å². The van der Waals surface area contributed by atoms with Crippen molar-refractivity contribution in [2.45, 2.75) is 45.4 Å². The Morgan fingerprint density at radius 3 is 2.28 bits per heavy atom. The topological polar surface area (TPSA) is 60.2 Å². The maximum absolute atomic E-state index is 10.2. The maximum Gasteiger partial charge on any atom is 0.161 e. The Labute approximate surface area is 148 Å². The summed E-state index contributed by atoms with van der Waals surface area (Å²) < 4.78 is 5.69. The molecule has 0 aliphatic carbocycles. The van der Waals surface area contributed by atoms with Crippen LogP contribution in [0.25, 0.3) is 16.7 Å². The number of phenols is 1. The number of nitrogens with zero attached hydrogens (tertiary/aromatic N) is 3. The number of aromatic nitrogens is 3. The molecule has 5 heteroatoms. The second-order valence-electron chi connectivity index (χ2n) is 6.25. The van der Waals surface area contributed by atoms with Crippen molar-refractivity contribution < 1.29 is 9.84 Å². The Kier molecular flexibility index (Phi) is 5.88. The first-order chi connectivity index (χ1) is 12.3. The van der Waals surface area contributed by atoms with Crippen molar-refractivity contribution >= 4 is 11.0 Å². The first kappa shape index (κ1) is 17.3. The van der Waals surface area contributed by atoms with E-state index in [0.29, 0.717) is 18.0 Å². The van der Waals surface area contributed by atoms with Crippen LogP contribution in [0.1, 0.15) is 45.4 Å². The molecule has 3 rings (SSSR count). The van der Waals surface area contributed by atoms with Gasteiger partial charge in [0.05, 0.1) is 12.3 Å². The molecule has 2 aromatic carbocycles. The van der Waals surface area contributed by atoms with Gasteiger partial charge in [0.15, 0.2) is 11.5 Å². The van der Waals surface area contributed by atoms with Gasteiger partial charge in [-0.25, -0.2) is 0 Å². The summed E-state index contributed by atoms with van der Waals surface area (Å²) in [7, 11) is 0. The summed E-state index contributed by atoms with van der Waals surface area (Å²) in [5, 5.41) is 19.0. The smallest absolute Gasteiger partial charge is 0.161 e. The summed E-state index contributed by atoms with van der Waals surface area (Å²) in [5.41, 5.74) is 2.36. The number of hydrogen-bond donors (Lipinski definition) is 1. The van der Waals surface area contributed by atoms with Crippen LogP contribution in [-0.4, -0.2) is 26.7 Å². The molecule has 0 unspecified atom stereocenters. The van der Waals surface area contributed by atoms with Crippen LogP contribution in [0.15, 0.2) is 42.5 Å². The number of ether oxygens (including phenoxy) is 1. The predicted octanol–water partition coefficient (Wildman–Crippen LogP) is 4.87. The summed E-state index contributed by atoms with van der Waals surface area (Å²) in [6, 6.07) is 12.9. The molecule has 0 spiro atoms. The van der Waals surface area contributed by atoms with E-state index in [1.807, 2.05) is 30.3 Å². The van der Waals surface area contributed by atoms with Gasteiger partial charge in [-0.3, -0.25) is 0 Å². The van der Waals surface area contributed by atoms with Crippen LogP contribution < -0.4 is 4.74 Å². The molecule has 0 fully saturated rings. The van der Waals surface area contributed by atoms with E-state index in [1.54, 1.807) is 12.1 Å². The highest BCUT2D eigenvalue weighted by Crippen LogP contribution is 2.28. The minimum atomic E-state index is 0.116. The zero-order valence-electron chi connectivity index (χ0n) is 14.7. The second-order valence-corrected chi connectivity index (χ2v) is 6.25. The highest BCUT2D eigenvalue weighted by molar-refractivity contribution is 5.73. The monoisotopic (exact) mass is 339 g/mol. The first-order valence-corrected chi connectivity index (χ1v) is 9.06. The largest absolute Gasteiger partial charge is 0.504 e. The molecule has 0 bridgehead atoms. The van der Waals surface area contributed by atoms with Gasteiger partial charge in [-0.15, -0.1) is 10.2 Å². The lowest BCUT2D eigenvalue weighted by Crippen LogP contribution is -2.00. The SMILES string of the molecule is CCCCCCCCOc1ccc(-n2nc3ccccc3n2)cc1O. The number of fused-ring (bicyclic) bond motifs is 1. The molecule has 3 aromatic rings. The van der Waals surface area contributed by atoms with Crippen molar-refractivity contribution in [2.24, 2.45) is 0 Å². The number of hydrogen-bond acceptors (Lipinski definition) is 4. The van der Waals surface area contributed by atoms with Crippen molar-refractivity contribution in [2.75, 3.05) is 6.61 Å². The predicted molar refractivity (Wildman–Crippen MR) is 99.4 cm³/mol. The number of rotatable bonds is 9. The molecule has 0 atom stereocenters. The second kappa shape index (κ2) is 8.51. The first-order valence-electron chi connectivity index (χ1n) is 9.06. The molecule has 25 heavy (non-hydrogen) atoms. The zero-order chi connectivity index (χ0) is 17.5. The molecule has 0 saturated carbocycles. The Morgan fingerprint density at radius 1 is 0.920 bits per heavy atom. The molecule has 132 valence electrons. The summed E-state index contributed by atoms with van der Waals surface area (Å²) in [6.07, 6.45) is 7.29. The van der Waals surface area contributed by atoms with E-state index in [-0.39, 0.29) is 5.75 Å². The van der Waals surface area contributed by atoms with Crippen LogP contribution in [0, 0.1) is 0 Å². The van der Waals surface area contributed by atoms with Crippen LogP contribution >= 0.6 is 0 Å². The van der Waals surface area contributed by atoms with Crippen LogP contribution in [0.4, 0.5) is 0 Å². The highest BCUT2D eigenvalue weighted by atomic mass is 16.5. The summed E-state index contributed by atoms with van der Waals surface area (Å²) >= 11 is 0. The van der Waals surface area contributed by atoms with Crippen molar-refractivity contribution in [3.63, 3.8) is 0 Å². The summed E-state index contributed by atoms with van der Waals surface area (Å²) in [6.45, 7) is 2.85. The molecule has 0 amide bonds. The average Bonchev–Trinajstić information content (AvgIpc) is 3.06. The standard InChI is InChI=1S/C20H25N3O2/c1-2-3-4-5-6-9-14-25-20-13-12-16(15-19(20)24)23-21-17-10-7-8-11-18(17)22-23/h7-8,10-13,15,24H,2-6,9,14H2,1H3. The van der Waals surface area contributed by atoms with Crippen molar-refractivity contribution in [1.82, 2.24) is 15.0 Å². The lowest BCUT2D eigenvalue weighted by molar-refractivity contribution is 0.288. The normalized spacial score (nSPS) is 11.1. The fourth-order valence-corrected chi connectivity index (χ4v) is 2.79. The summed E-state index contributed by atoms with van der Waals surface area (Å²) in [5.74, 6) is 0.624. The van der Waals surface area contributed by atoms with E-state index >= 15 is 0 Å². The molecule has 0 radical (unpaired) electrons. The van der Waals surface area contributed by atoms with E-state index in [4.69, 9.17) is 4.74 Å². The average molecular weight is 339 g/mol. The van der Waals surface area contributed by atoms with E-state index in [0.717, 1.165) is 17.5 Å². The molecular formula is C20H25N3O2. The van der Waals surface area contributed by atoms with Gasteiger partial charge in [-0.05, 0) is 30.7 Å². The quantitative estimate of drug-likeness (QED) is 0.565. The number of unbranched alkanes of at least 4 members (excludes halogenated alkanes) is 5. The third-order valence-electron chi connectivity index (χ3n) is 4.22. The Morgan fingerprint density at radius 2 is 1.60 bits per heavy atom. The summed E-state index contributed by atoms with van der Waals surface area (Å²) in [4.78, 5) is 1.53. The molecule has 1 N–H and O–H groups in total. The van der Waals surface area contributed by atoms with Crippen LogP contribution in [0.3, 0.4) is 0 Å². The van der Waals surface area contributed by atoms with Crippen molar-refractivity contribution in [1.29, 1.82) is 0 Å². The van der Waals surface area contributed by atoms with Gasteiger partial charge in [0, 0.05) is 6.07 Å². The fourth-order valence-electron chi connectivity index (χ4n) is 2.79. The van der Waals surface area contributed by atoms with Gasteiger partial charge >= 0.3 is 0 Å². The van der Waals surface area contributed by atoms with E-state index in [9.17, 15) is 5.11 Å². The Bertz CT molecular complexity index is 781. The number of aromatic hydroxyl groups is 1. The Hall–Kier alpha value is -2.56. The molecule has 1 aromatic heterocycles. The number of phenolic OH excluding ortho intramolecular Hbond substituents is 1.